The Bertz CT molecular complexity index is 1260. The van der Waals surface area contributed by atoms with Crippen LogP contribution in [-0.4, -0.2) is 83.8 Å². The van der Waals surface area contributed by atoms with Crippen LogP contribution in [0.25, 0.3) is 0 Å². The van der Waals surface area contributed by atoms with Gasteiger partial charge in [0.15, 0.2) is 0 Å². The summed E-state index contributed by atoms with van der Waals surface area (Å²) in [6.07, 6.45) is 7.45. The first-order valence-electron chi connectivity index (χ1n) is 14.5. The van der Waals surface area contributed by atoms with Crippen LogP contribution in [0.1, 0.15) is 43.7 Å². The molecule has 10 heteroatoms. The molecule has 1 aromatic carbocycles. The Labute approximate surface area is 240 Å². The summed E-state index contributed by atoms with van der Waals surface area (Å²) in [5.74, 6) is -3.28. The Kier molecular flexibility index (Phi) is 8.33. The molecule has 3 amide bonds. The van der Waals surface area contributed by atoms with E-state index >= 15 is 0 Å². The van der Waals surface area contributed by atoms with Crippen LogP contribution in [0.3, 0.4) is 0 Å². The van der Waals surface area contributed by atoms with Gasteiger partial charge in [-0.15, -0.1) is 0 Å². The van der Waals surface area contributed by atoms with E-state index in [0.29, 0.717) is 19.3 Å². The van der Waals surface area contributed by atoms with Crippen LogP contribution in [0.4, 0.5) is 5.69 Å². The van der Waals surface area contributed by atoms with Gasteiger partial charge in [-0.05, 0) is 51.2 Å². The third kappa shape index (κ3) is 5.19. The van der Waals surface area contributed by atoms with E-state index in [4.69, 9.17) is 9.47 Å². The molecule has 4 aliphatic rings. The van der Waals surface area contributed by atoms with Crippen LogP contribution in [0.5, 0.6) is 0 Å². The minimum Gasteiger partial charge on any atom is -0.460 e. The molecule has 1 spiro atoms. The molecular formula is C31H39N3O7. The van der Waals surface area contributed by atoms with E-state index in [1.807, 2.05) is 38.1 Å². The van der Waals surface area contributed by atoms with Gasteiger partial charge in [-0.25, -0.2) is 0 Å². The number of cyclic esters (lactones) is 1. The summed E-state index contributed by atoms with van der Waals surface area (Å²) in [5.41, 5.74) is 1.29. The highest BCUT2D eigenvalue weighted by Gasteiger charge is 2.71. The first-order valence-corrected chi connectivity index (χ1v) is 14.5. The minimum absolute atomic E-state index is 0.0314. The smallest absolute Gasteiger partial charge is 0.313 e. The van der Waals surface area contributed by atoms with Crippen molar-refractivity contribution in [2.24, 2.45) is 11.8 Å². The van der Waals surface area contributed by atoms with Crippen molar-refractivity contribution in [2.45, 2.75) is 70.3 Å². The number of nitrogens with zero attached hydrogens (tertiary/aromatic N) is 2. The standard InChI is InChI=1S/C31H39N3O7/c1-19-10-8-11-20(2)26(19)33-16-9-14-31-25(28(37)34(15-6-7-17-35)27(31)29(33)38)24-22(41-31)12-4-5-13-23(36)32-18-21(3)40-30(24)39/h4,8-12,14,21-22,24-25,27,35H,5-7,13,15-18H2,1-3H3,(H,32,36)/b12-4-/t21-,22-,24+,25+,27-,31+/m0/s1. The van der Waals surface area contributed by atoms with Crippen LogP contribution in [0.15, 0.2) is 42.5 Å². The van der Waals surface area contributed by atoms with Gasteiger partial charge in [0.05, 0.1) is 18.6 Å². The molecule has 0 unspecified atom stereocenters. The zero-order chi connectivity index (χ0) is 29.3. The van der Waals surface area contributed by atoms with Crippen molar-refractivity contribution in [1.29, 1.82) is 0 Å². The molecule has 1 aromatic rings. The van der Waals surface area contributed by atoms with Crippen LogP contribution in [-0.2, 0) is 28.7 Å². The second kappa shape index (κ2) is 11.8. The zero-order valence-electron chi connectivity index (χ0n) is 23.9. The summed E-state index contributed by atoms with van der Waals surface area (Å²) in [4.78, 5) is 57.9. The summed E-state index contributed by atoms with van der Waals surface area (Å²) >= 11 is 0. The summed E-state index contributed by atoms with van der Waals surface area (Å²) in [6, 6.07) is 4.85. The molecule has 2 fully saturated rings. The largest absolute Gasteiger partial charge is 0.460 e. The summed E-state index contributed by atoms with van der Waals surface area (Å²) in [6.45, 7) is 6.26. The minimum atomic E-state index is -1.38. The quantitative estimate of drug-likeness (QED) is 0.318. The first kappa shape index (κ1) is 29.0. The number of benzene rings is 1. The number of aliphatic hydroxyl groups is 1. The molecule has 0 aromatic heterocycles. The van der Waals surface area contributed by atoms with Crippen molar-refractivity contribution < 1.29 is 33.8 Å². The number of carbonyl (C=O) groups excluding carboxylic acids is 4. The van der Waals surface area contributed by atoms with Crippen molar-refractivity contribution in [3.8, 4) is 0 Å². The highest BCUT2D eigenvalue weighted by molar-refractivity contribution is 6.06. The number of nitrogens with one attached hydrogen (secondary N) is 1. The van der Waals surface area contributed by atoms with Gasteiger partial charge in [0.1, 0.15) is 23.7 Å². The SMILES string of the molecule is Cc1cccc(C)c1N1CC=C[C@@]23O[C@H]4/C=C\CCC(=O)NC[C@H](C)OC(=O)[C@H]4[C@@H]2C(=O)N(CCCCO)[C@H]3C1=O. The van der Waals surface area contributed by atoms with Crippen molar-refractivity contribution in [2.75, 3.05) is 31.1 Å². The summed E-state index contributed by atoms with van der Waals surface area (Å²) in [7, 11) is 0. The molecule has 5 rings (SSSR count). The number of hydrogen-bond acceptors (Lipinski definition) is 7. The van der Waals surface area contributed by atoms with E-state index in [-0.39, 0.29) is 50.4 Å². The molecule has 2 N–H and O–H groups in total. The topological polar surface area (TPSA) is 125 Å². The first-order chi connectivity index (χ1) is 19.7. The predicted molar refractivity (Wildman–Crippen MR) is 151 cm³/mol. The average Bonchev–Trinajstić information content (AvgIpc) is 3.31. The van der Waals surface area contributed by atoms with Gasteiger partial charge >= 0.3 is 5.97 Å². The number of unbranched alkanes of at least 4 members (excludes halogenated alkanes) is 1. The van der Waals surface area contributed by atoms with Gasteiger partial charge < -0.3 is 29.7 Å². The fraction of sp³-hybridized carbons (Fsp3) is 0.548. The van der Waals surface area contributed by atoms with Crippen LogP contribution < -0.4 is 10.2 Å². The number of likely N-dealkylation sites (tertiary alicyclic amines) is 1. The maximum Gasteiger partial charge on any atom is 0.313 e. The lowest BCUT2D eigenvalue weighted by Gasteiger charge is -2.36. The molecule has 4 heterocycles. The van der Waals surface area contributed by atoms with Crippen molar-refractivity contribution in [3.63, 3.8) is 0 Å². The van der Waals surface area contributed by atoms with E-state index in [9.17, 15) is 24.3 Å². The maximum absolute atomic E-state index is 14.6. The Morgan fingerprint density at radius 1 is 1.07 bits per heavy atom. The maximum atomic E-state index is 14.6. The molecule has 0 radical (unpaired) electrons. The molecule has 0 aliphatic carbocycles. The van der Waals surface area contributed by atoms with Crippen LogP contribution in [0.2, 0.25) is 0 Å². The lowest BCUT2D eigenvalue weighted by Crippen LogP contribution is -2.55. The number of para-hydroxylation sites is 1. The van der Waals surface area contributed by atoms with Gasteiger partial charge in [0.25, 0.3) is 5.91 Å². The van der Waals surface area contributed by atoms with Gasteiger partial charge in [0.2, 0.25) is 11.8 Å². The zero-order valence-corrected chi connectivity index (χ0v) is 23.9. The van der Waals surface area contributed by atoms with E-state index in [2.05, 4.69) is 5.32 Å². The number of amides is 3. The third-order valence-electron chi connectivity index (χ3n) is 8.55. The monoisotopic (exact) mass is 565 g/mol. The Balaban J connectivity index is 1.59. The van der Waals surface area contributed by atoms with Gasteiger partial charge in [-0.2, -0.15) is 0 Å². The summed E-state index contributed by atoms with van der Waals surface area (Å²) < 4.78 is 12.4. The molecule has 220 valence electrons. The number of ether oxygens (including phenoxy) is 2. The summed E-state index contributed by atoms with van der Waals surface area (Å²) in [5, 5.41) is 12.2. The normalized spacial score (nSPS) is 32.7. The Hall–Kier alpha value is -3.50. The third-order valence-corrected chi connectivity index (χ3v) is 8.55. The highest BCUT2D eigenvalue weighted by Crippen LogP contribution is 2.53. The number of rotatable bonds is 5. The lowest BCUT2D eigenvalue weighted by atomic mass is 9.78. The lowest BCUT2D eigenvalue weighted by molar-refractivity contribution is -0.158. The van der Waals surface area contributed by atoms with Gasteiger partial charge in [-0.3, -0.25) is 19.2 Å². The average molecular weight is 566 g/mol. The number of aliphatic hydroxyl groups excluding tert-OH is 1. The number of allylic oxidation sites excluding steroid dienone is 1. The van der Waals surface area contributed by atoms with Crippen molar-refractivity contribution >= 4 is 29.4 Å². The van der Waals surface area contributed by atoms with Gasteiger partial charge in [-0.1, -0.05) is 42.5 Å². The molecule has 2 saturated heterocycles. The number of anilines is 1. The molecule has 0 saturated carbocycles. The van der Waals surface area contributed by atoms with Gasteiger partial charge in [0, 0.05) is 31.8 Å². The molecule has 4 aliphatic heterocycles. The second-order valence-corrected chi connectivity index (χ2v) is 11.4. The number of carbonyl (C=O) groups is 4. The van der Waals surface area contributed by atoms with Crippen molar-refractivity contribution in [3.05, 3.63) is 53.6 Å². The fourth-order valence-corrected chi connectivity index (χ4v) is 6.73. The van der Waals surface area contributed by atoms with E-state index in [1.54, 1.807) is 35.0 Å². The molecule has 6 atom stereocenters. The van der Waals surface area contributed by atoms with Crippen LogP contribution in [0, 0.1) is 25.7 Å². The van der Waals surface area contributed by atoms with Crippen molar-refractivity contribution in [1.82, 2.24) is 10.2 Å². The number of esters is 1. The molecular weight excluding hydrogens is 526 g/mol. The number of fused-ring (bicyclic) bond motifs is 2. The van der Waals surface area contributed by atoms with E-state index < -0.39 is 41.7 Å². The van der Waals surface area contributed by atoms with E-state index in [1.165, 1.54) is 0 Å². The molecule has 10 nitrogen and oxygen atoms in total. The number of aryl methyl sites for hydroxylation is 2. The number of hydrogen-bond donors (Lipinski definition) is 2. The molecule has 41 heavy (non-hydrogen) atoms. The van der Waals surface area contributed by atoms with E-state index in [0.717, 1.165) is 16.8 Å². The fourth-order valence-electron chi connectivity index (χ4n) is 6.73. The molecule has 0 bridgehead atoms. The second-order valence-electron chi connectivity index (χ2n) is 11.4. The Morgan fingerprint density at radius 2 is 1.83 bits per heavy atom. The van der Waals surface area contributed by atoms with Crippen LogP contribution >= 0.6 is 0 Å². The Morgan fingerprint density at radius 3 is 2.56 bits per heavy atom. The predicted octanol–water partition coefficient (Wildman–Crippen LogP) is 1.96. The highest BCUT2D eigenvalue weighted by atomic mass is 16.6.